The fourth-order valence-electron chi connectivity index (χ4n) is 2.56. The van der Waals surface area contributed by atoms with Crippen molar-refractivity contribution >= 4 is 39.4 Å². The molecule has 1 aliphatic heterocycles. The number of rotatable bonds is 7. The van der Waals surface area contributed by atoms with E-state index in [-0.39, 0.29) is 24.8 Å². The number of carbonyl (C=O) groups excluding carboxylic acids is 3. The number of ether oxygens (including phenoxy) is 1. The van der Waals surface area contributed by atoms with Gasteiger partial charge < -0.3 is 15.4 Å². The van der Waals surface area contributed by atoms with Gasteiger partial charge in [-0.1, -0.05) is 28.9 Å². The van der Waals surface area contributed by atoms with Crippen LogP contribution in [0.5, 0.6) is 0 Å². The van der Waals surface area contributed by atoms with E-state index in [1.165, 1.54) is 0 Å². The highest BCUT2D eigenvalue weighted by molar-refractivity contribution is 9.10. The summed E-state index contributed by atoms with van der Waals surface area (Å²) in [4.78, 5) is 37.9. The second kappa shape index (κ2) is 9.53. The van der Waals surface area contributed by atoms with Gasteiger partial charge in [0.05, 0.1) is 19.6 Å². The Kier molecular flexibility index (Phi) is 7.39. The molecule has 2 amide bonds. The fraction of sp³-hybridized carbons (Fsp3) is 0.471. The van der Waals surface area contributed by atoms with Gasteiger partial charge in [-0.05, 0) is 24.6 Å². The largest absolute Gasteiger partial charge is 0.466 e. The van der Waals surface area contributed by atoms with E-state index in [1.54, 1.807) is 17.0 Å². The molecule has 1 saturated heterocycles. The van der Waals surface area contributed by atoms with Gasteiger partial charge in [-0.15, -0.1) is 0 Å². The highest BCUT2D eigenvalue weighted by Gasteiger charge is 2.33. The zero-order valence-electron chi connectivity index (χ0n) is 14.1. The molecule has 1 aliphatic rings. The SMILES string of the molecule is CCCOC(=O)CC1C(=O)NCCN1CC(=O)Nc1cccc(Br)c1. The van der Waals surface area contributed by atoms with Crippen LogP contribution in [0, 0.1) is 0 Å². The van der Waals surface area contributed by atoms with E-state index in [0.29, 0.717) is 25.4 Å². The number of nitrogens with one attached hydrogen (secondary N) is 2. The van der Waals surface area contributed by atoms with Crippen LogP contribution in [-0.4, -0.2) is 55.0 Å². The van der Waals surface area contributed by atoms with Gasteiger partial charge >= 0.3 is 5.97 Å². The lowest BCUT2D eigenvalue weighted by Crippen LogP contribution is -2.57. The highest BCUT2D eigenvalue weighted by Crippen LogP contribution is 2.16. The van der Waals surface area contributed by atoms with Crippen LogP contribution >= 0.6 is 15.9 Å². The quantitative estimate of drug-likeness (QED) is 0.664. The van der Waals surface area contributed by atoms with Gasteiger partial charge in [0.15, 0.2) is 0 Å². The standard InChI is InChI=1S/C17H22BrN3O4/c1-2-8-25-16(23)10-14-17(24)19-6-7-21(14)11-15(22)20-13-5-3-4-12(18)9-13/h3-5,9,14H,2,6-8,10-11H2,1H3,(H,19,24)(H,20,22). The van der Waals surface area contributed by atoms with Gasteiger partial charge in [0.25, 0.3) is 0 Å². The molecule has 0 radical (unpaired) electrons. The molecule has 2 rings (SSSR count). The van der Waals surface area contributed by atoms with Crippen molar-refractivity contribution in [2.24, 2.45) is 0 Å². The molecular formula is C17H22BrN3O4. The lowest BCUT2D eigenvalue weighted by molar-refractivity contribution is -0.148. The molecule has 1 atom stereocenters. The Morgan fingerprint density at radius 2 is 2.24 bits per heavy atom. The topological polar surface area (TPSA) is 87.7 Å². The summed E-state index contributed by atoms with van der Waals surface area (Å²) in [5.74, 6) is -0.920. The third kappa shape index (κ3) is 6.13. The van der Waals surface area contributed by atoms with Gasteiger partial charge in [-0.3, -0.25) is 19.3 Å². The van der Waals surface area contributed by atoms with Crippen molar-refractivity contribution in [1.29, 1.82) is 0 Å². The smallest absolute Gasteiger partial charge is 0.307 e. The number of amides is 2. The molecule has 8 heteroatoms. The number of carbonyl (C=O) groups is 3. The second-order valence-electron chi connectivity index (χ2n) is 5.76. The number of hydrogen-bond donors (Lipinski definition) is 2. The predicted molar refractivity (Wildman–Crippen MR) is 97.0 cm³/mol. The Hall–Kier alpha value is -1.93. The number of benzene rings is 1. The third-order valence-electron chi connectivity index (χ3n) is 3.72. The third-order valence-corrected chi connectivity index (χ3v) is 4.22. The minimum Gasteiger partial charge on any atom is -0.466 e. The van der Waals surface area contributed by atoms with Crippen molar-refractivity contribution in [2.75, 3.05) is 31.6 Å². The summed E-state index contributed by atoms with van der Waals surface area (Å²) in [7, 11) is 0. The molecule has 1 aromatic carbocycles. The first-order valence-electron chi connectivity index (χ1n) is 8.22. The molecule has 7 nitrogen and oxygen atoms in total. The minimum atomic E-state index is -0.689. The van der Waals surface area contributed by atoms with Crippen LogP contribution in [0.15, 0.2) is 28.7 Å². The lowest BCUT2D eigenvalue weighted by atomic mass is 10.1. The maximum absolute atomic E-state index is 12.3. The Balaban J connectivity index is 1.95. The Morgan fingerprint density at radius 1 is 1.44 bits per heavy atom. The van der Waals surface area contributed by atoms with Crippen LogP contribution in [0.1, 0.15) is 19.8 Å². The fourth-order valence-corrected chi connectivity index (χ4v) is 2.96. The normalized spacial score (nSPS) is 17.7. The summed E-state index contributed by atoms with van der Waals surface area (Å²) < 4.78 is 5.91. The summed E-state index contributed by atoms with van der Waals surface area (Å²) in [6.07, 6.45) is 0.664. The molecule has 1 aromatic rings. The summed E-state index contributed by atoms with van der Waals surface area (Å²) in [5.41, 5.74) is 0.666. The molecule has 136 valence electrons. The first-order valence-corrected chi connectivity index (χ1v) is 9.01. The summed E-state index contributed by atoms with van der Waals surface area (Å²) in [5, 5.41) is 5.52. The van der Waals surface area contributed by atoms with E-state index in [2.05, 4.69) is 26.6 Å². The zero-order valence-corrected chi connectivity index (χ0v) is 15.7. The van der Waals surface area contributed by atoms with Crippen molar-refractivity contribution in [2.45, 2.75) is 25.8 Å². The van der Waals surface area contributed by atoms with Crippen molar-refractivity contribution in [3.05, 3.63) is 28.7 Å². The number of nitrogens with zero attached hydrogens (tertiary/aromatic N) is 1. The van der Waals surface area contributed by atoms with Crippen molar-refractivity contribution < 1.29 is 19.1 Å². The first kappa shape index (κ1) is 19.4. The first-order chi connectivity index (χ1) is 12.0. The van der Waals surface area contributed by atoms with Crippen molar-refractivity contribution in [3.63, 3.8) is 0 Å². The number of anilines is 1. The monoisotopic (exact) mass is 411 g/mol. The van der Waals surface area contributed by atoms with Crippen LogP contribution in [0.4, 0.5) is 5.69 Å². The summed E-state index contributed by atoms with van der Waals surface area (Å²) >= 11 is 3.35. The maximum Gasteiger partial charge on any atom is 0.307 e. The van der Waals surface area contributed by atoms with Gasteiger partial charge in [0, 0.05) is 23.2 Å². The van der Waals surface area contributed by atoms with E-state index in [9.17, 15) is 14.4 Å². The summed E-state index contributed by atoms with van der Waals surface area (Å²) in [6, 6.07) is 6.57. The Morgan fingerprint density at radius 3 is 2.96 bits per heavy atom. The van der Waals surface area contributed by atoms with Gasteiger partial charge in [0.2, 0.25) is 11.8 Å². The second-order valence-corrected chi connectivity index (χ2v) is 6.68. The average Bonchev–Trinajstić information content (AvgIpc) is 2.56. The minimum absolute atomic E-state index is 0.0334. The molecule has 1 heterocycles. The molecule has 2 N–H and O–H groups in total. The maximum atomic E-state index is 12.3. The highest BCUT2D eigenvalue weighted by atomic mass is 79.9. The van der Waals surface area contributed by atoms with Crippen LogP contribution in [0.2, 0.25) is 0 Å². The Labute approximate surface area is 155 Å². The van der Waals surface area contributed by atoms with Crippen LogP contribution in [0.25, 0.3) is 0 Å². The zero-order chi connectivity index (χ0) is 18.2. The number of piperazine rings is 1. The van der Waals surface area contributed by atoms with Crippen molar-refractivity contribution in [1.82, 2.24) is 10.2 Å². The van der Waals surface area contributed by atoms with Gasteiger partial charge in [-0.2, -0.15) is 0 Å². The van der Waals surface area contributed by atoms with Crippen molar-refractivity contribution in [3.8, 4) is 0 Å². The van der Waals surface area contributed by atoms with Gasteiger partial charge in [-0.25, -0.2) is 0 Å². The average molecular weight is 412 g/mol. The van der Waals surface area contributed by atoms with E-state index in [0.717, 1.165) is 10.9 Å². The van der Waals surface area contributed by atoms with Crippen LogP contribution in [-0.2, 0) is 19.1 Å². The van der Waals surface area contributed by atoms with Crippen LogP contribution < -0.4 is 10.6 Å². The molecule has 0 bridgehead atoms. The molecule has 0 saturated carbocycles. The van der Waals surface area contributed by atoms with Gasteiger partial charge in [0.1, 0.15) is 6.04 Å². The molecule has 1 fully saturated rings. The molecule has 0 aromatic heterocycles. The Bertz CT molecular complexity index is 638. The van der Waals surface area contributed by atoms with Crippen LogP contribution in [0.3, 0.4) is 0 Å². The molecule has 0 aliphatic carbocycles. The summed E-state index contributed by atoms with van der Waals surface area (Å²) in [6.45, 7) is 3.22. The molecule has 0 spiro atoms. The molecular weight excluding hydrogens is 390 g/mol. The number of halogens is 1. The predicted octanol–water partition coefficient (Wildman–Crippen LogP) is 1.53. The van der Waals surface area contributed by atoms with E-state index in [1.807, 2.05) is 19.1 Å². The number of hydrogen-bond acceptors (Lipinski definition) is 5. The van der Waals surface area contributed by atoms with E-state index in [4.69, 9.17) is 4.74 Å². The van der Waals surface area contributed by atoms with E-state index < -0.39 is 12.0 Å². The number of esters is 1. The molecule has 25 heavy (non-hydrogen) atoms. The van der Waals surface area contributed by atoms with E-state index >= 15 is 0 Å². The molecule has 1 unspecified atom stereocenters. The lowest BCUT2D eigenvalue weighted by Gasteiger charge is -2.33.